The average Bonchev–Trinajstić information content (AvgIpc) is 2.48. The number of thioether (sulfide) groups is 1. The Morgan fingerprint density at radius 2 is 2.06 bits per heavy atom. The quantitative estimate of drug-likeness (QED) is 0.774. The van der Waals surface area contributed by atoms with E-state index in [1.54, 1.807) is 23.9 Å². The molecular weight excluding hydrogens is 254 g/mol. The number of carbonyl (C=O) groups is 1. The van der Waals surface area contributed by atoms with Gasteiger partial charge < -0.3 is 5.32 Å². The van der Waals surface area contributed by atoms with Crippen LogP contribution in [0.15, 0.2) is 23.6 Å². The molecule has 0 spiro atoms. The van der Waals surface area contributed by atoms with E-state index in [1.807, 2.05) is 11.5 Å². The maximum absolute atomic E-state index is 11.8. The third-order valence-electron chi connectivity index (χ3n) is 2.29. The summed E-state index contributed by atoms with van der Waals surface area (Å²) in [6, 6.07) is 5.46. The van der Waals surface area contributed by atoms with E-state index in [-0.39, 0.29) is 10.7 Å². The summed E-state index contributed by atoms with van der Waals surface area (Å²) in [5.41, 5.74) is 2.44. The van der Waals surface area contributed by atoms with Crippen molar-refractivity contribution in [3.8, 4) is 0 Å². The number of rotatable bonds is 1. The van der Waals surface area contributed by atoms with E-state index in [1.165, 1.54) is 0 Å². The molecule has 4 heteroatoms. The summed E-state index contributed by atoms with van der Waals surface area (Å²) < 4.78 is 0.0997. The molecule has 1 amide bonds. The lowest BCUT2D eigenvalue weighted by atomic mass is 10.1. The predicted octanol–water partition coefficient (Wildman–Crippen LogP) is 4.16. The van der Waals surface area contributed by atoms with Crippen LogP contribution in [-0.2, 0) is 4.79 Å². The third kappa shape index (κ3) is 2.85. The number of amides is 1. The monoisotopic (exact) mass is 267 g/mol. The van der Waals surface area contributed by atoms with E-state index < -0.39 is 0 Å². The Kier molecular flexibility index (Phi) is 3.23. The Balaban J connectivity index is 2.35. The zero-order valence-electron chi connectivity index (χ0n) is 10.0. The Morgan fingerprint density at radius 3 is 2.71 bits per heavy atom. The zero-order chi connectivity index (χ0) is 12.6. The van der Waals surface area contributed by atoms with Crippen molar-refractivity contribution in [1.29, 1.82) is 0 Å². The van der Waals surface area contributed by atoms with Crippen LogP contribution in [0, 0.1) is 0 Å². The predicted molar refractivity (Wildman–Crippen MR) is 75.4 cm³/mol. The molecule has 17 heavy (non-hydrogen) atoms. The number of hydrogen-bond donors (Lipinski definition) is 1. The van der Waals surface area contributed by atoms with Crippen LogP contribution in [0.1, 0.15) is 26.3 Å². The molecule has 0 radical (unpaired) electrons. The molecule has 0 bridgehead atoms. The van der Waals surface area contributed by atoms with E-state index in [4.69, 9.17) is 11.6 Å². The molecule has 0 unspecified atom stereocenters. The lowest BCUT2D eigenvalue weighted by Gasteiger charge is -2.14. The molecule has 2 rings (SSSR count). The normalized spacial score (nSPS) is 17.2. The van der Waals surface area contributed by atoms with Crippen molar-refractivity contribution in [3.05, 3.63) is 34.2 Å². The molecule has 0 aromatic heterocycles. The number of benzene rings is 1. The topological polar surface area (TPSA) is 29.1 Å². The van der Waals surface area contributed by atoms with E-state index in [0.717, 1.165) is 16.8 Å². The van der Waals surface area contributed by atoms with Crippen LogP contribution in [0.5, 0.6) is 0 Å². The Hall–Kier alpha value is -0.930. The van der Waals surface area contributed by atoms with Crippen molar-refractivity contribution in [2.75, 3.05) is 5.32 Å². The van der Waals surface area contributed by atoms with Gasteiger partial charge in [-0.15, -0.1) is 11.8 Å². The Morgan fingerprint density at radius 1 is 1.35 bits per heavy atom. The molecule has 0 atom stereocenters. The standard InChI is InChI=1S/C13H14ClNOS/c1-13(2,3)17-7-10-9-5-4-8(14)6-11(9)15-12(10)16/h4-7H,1-3H3,(H,15,16)/b10-7+. The van der Waals surface area contributed by atoms with Crippen LogP contribution >= 0.6 is 23.4 Å². The second kappa shape index (κ2) is 4.39. The first-order valence-corrected chi connectivity index (χ1v) is 6.62. The van der Waals surface area contributed by atoms with Gasteiger partial charge in [0.2, 0.25) is 0 Å². The molecule has 90 valence electrons. The average molecular weight is 268 g/mol. The van der Waals surface area contributed by atoms with Crippen molar-refractivity contribution < 1.29 is 4.79 Å². The van der Waals surface area contributed by atoms with Gasteiger partial charge in [-0.2, -0.15) is 0 Å². The Labute approximate surface area is 110 Å². The van der Waals surface area contributed by atoms with Gasteiger partial charge in [0.25, 0.3) is 5.91 Å². The maximum atomic E-state index is 11.8. The first-order chi connectivity index (χ1) is 7.87. The maximum Gasteiger partial charge on any atom is 0.256 e. The lowest BCUT2D eigenvalue weighted by molar-refractivity contribution is -0.110. The van der Waals surface area contributed by atoms with Gasteiger partial charge in [0, 0.05) is 15.3 Å². The second-order valence-electron chi connectivity index (χ2n) is 4.91. The van der Waals surface area contributed by atoms with Crippen LogP contribution in [0.2, 0.25) is 5.02 Å². The van der Waals surface area contributed by atoms with E-state index in [9.17, 15) is 4.79 Å². The summed E-state index contributed by atoms with van der Waals surface area (Å²) >= 11 is 7.54. The number of carbonyl (C=O) groups excluding carboxylic acids is 1. The highest BCUT2D eigenvalue weighted by Gasteiger charge is 2.24. The summed E-state index contributed by atoms with van der Waals surface area (Å²) in [4.78, 5) is 11.8. The molecule has 1 aromatic rings. The zero-order valence-corrected chi connectivity index (χ0v) is 11.6. The first-order valence-electron chi connectivity index (χ1n) is 5.36. The van der Waals surface area contributed by atoms with Gasteiger partial charge in [-0.25, -0.2) is 0 Å². The third-order valence-corrected chi connectivity index (χ3v) is 3.59. The number of anilines is 1. The van der Waals surface area contributed by atoms with Gasteiger partial charge in [0.05, 0.1) is 11.3 Å². The fourth-order valence-corrected chi connectivity index (χ4v) is 2.40. The highest BCUT2D eigenvalue weighted by atomic mass is 35.5. The highest BCUT2D eigenvalue weighted by molar-refractivity contribution is 8.03. The van der Waals surface area contributed by atoms with Crippen LogP contribution in [0.25, 0.3) is 5.57 Å². The molecule has 1 aliphatic heterocycles. The van der Waals surface area contributed by atoms with Gasteiger partial charge in [0.1, 0.15) is 0 Å². The minimum Gasteiger partial charge on any atom is -0.321 e. The summed E-state index contributed by atoms with van der Waals surface area (Å²) in [6.07, 6.45) is 0. The lowest BCUT2D eigenvalue weighted by Crippen LogP contribution is -2.07. The molecule has 1 aliphatic rings. The van der Waals surface area contributed by atoms with Crippen molar-refractivity contribution in [1.82, 2.24) is 0 Å². The number of hydrogen-bond acceptors (Lipinski definition) is 2. The fraction of sp³-hybridized carbons (Fsp3) is 0.308. The molecular formula is C13H14ClNOS. The molecule has 1 aromatic carbocycles. The molecule has 1 N–H and O–H groups in total. The summed E-state index contributed by atoms with van der Waals surface area (Å²) in [5.74, 6) is -0.0565. The first kappa shape index (κ1) is 12.5. The largest absolute Gasteiger partial charge is 0.321 e. The molecule has 0 saturated carbocycles. The van der Waals surface area contributed by atoms with Gasteiger partial charge in [-0.1, -0.05) is 38.4 Å². The van der Waals surface area contributed by atoms with Crippen LogP contribution in [0.3, 0.4) is 0 Å². The van der Waals surface area contributed by atoms with Crippen LogP contribution in [0.4, 0.5) is 5.69 Å². The molecule has 1 heterocycles. The summed E-state index contributed by atoms with van der Waals surface area (Å²) in [6.45, 7) is 6.35. The Bertz CT molecular complexity index is 503. The van der Waals surface area contributed by atoms with E-state index in [0.29, 0.717) is 5.02 Å². The highest BCUT2D eigenvalue weighted by Crippen LogP contribution is 2.37. The van der Waals surface area contributed by atoms with Crippen molar-refractivity contribution in [2.45, 2.75) is 25.5 Å². The van der Waals surface area contributed by atoms with Gasteiger partial charge in [0.15, 0.2) is 0 Å². The molecule has 0 saturated heterocycles. The smallest absolute Gasteiger partial charge is 0.256 e. The van der Waals surface area contributed by atoms with Gasteiger partial charge in [-0.05, 0) is 17.5 Å². The van der Waals surface area contributed by atoms with E-state index in [2.05, 4.69) is 26.1 Å². The number of nitrogens with one attached hydrogen (secondary N) is 1. The summed E-state index contributed by atoms with van der Waals surface area (Å²) in [7, 11) is 0. The number of fused-ring (bicyclic) bond motifs is 1. The van der Waals surface area contributed by atoms with E-state index >= 15 is 0 Å². The molecule has 0 fully saturated rings. The van der Waals surface area contributed by atoms with Gasteiger partial charge >= 0.3 is 0 Å². The molecule has 2 nitrogen and oxygen atoms in total. The minimum atomic E-state index is -0.0565. The second-order valence-corrected chi connectivity index (χ2v) is 7.04. The van der Waals surface area contributed by atoms with Crippen LogP contribution in [-0.4, -0.2) is 10.7 Å². The number of halogens is 1. The fourth-order valence-electron chi connectivity index (χ4n) is 1.52. The van der Waals surface area contributed by atoms with Crippen LogP contribution < -0.4 is 5.32 Å². The minimum absolute atomic E-state index is 0.0565. The van der Waals surface area contributed by atoms with Crippen molar-refractivity contribution >= 4 is 40.5 Å². The molecule has 0 aliphatic carbocycles. The van der Waals surface area contributed by atoms with Crippen molar-refractivity contribution in [2.24, 2.45) is 0 Å². The van der Waals surface area contributed by atoms with Gasteiger partial charge in [-0.3, -0.25) is 4.79 Å². The van der Waals surface area contributed by atoms with Crippen molar-refractivity contribution in [3.63, 3.8) is 0 Å². The SMILES string of the molecule is CC(C)(C)S/C=C1/C(=O)Nc2cc(Cl)ccc21. The summed E-state index contributed by atoms with van der Waals surface area (Å²) in [5, 5.41) is 5.38.